The summed E-state index contributed by atoms with van der Waals surface area (Å²) < 4.78 is 0. The summed E-state index contributed by atoms with van der Waals surface area (Å²) in [6.07, 6.45) is 0. The van der Waals surface area contributed by atoms with Crippen LogP contribution in [0, 0.1) is 0 Å². The molecule has 0 bridgehead atoms. The smallest absolute Gasteiger partial charge is 0.0755 e. The lowest BCUT2D eigenvalue weighted by molar-refractivity contribution is 0.660. The van der Waals surface area contributed by atoms with Crippen molar-refractivity contribution in [3.63, 3.8) is 0 Å². The van der Waals surface area contributed by atoms with Gasteiger partial charge in [-0.3, -0.25) is 0 Å². The van der Waals surface area contributed by atoms with Crippen LogP contribution in [0.5, 0.6) is 0 Å². The first-order chi connectivity index (χ1) is 36.0. The van der Waals surface area contributed by atoms with E-state index in [4.69, 9.17) is 0 Å². The molecule has 1 aliphatic heterocycles. The van der Waals surface area contributed by atoms with Gasteiger partial charge in [0.15, 0.2) is 0 Å². The van der Waals surface area contributed by atoms with Crippen molar-refractivity contribution in [1.82, 2.24) is 0 Å². The van der Waals surface area contributed by atoms with Crippen LogP contribution in [0.2, 0.25) is 0 Å². The van der Waals surface area contributed by atoms with E-state index in [1.807, 2.05) is 0 Å². The zero-order valence-electron chi connectivity index (χ0n) is 40.8. The third kappa shape index (κ3) is 5.58. The fourth-order valence-corrected chi connectivity index (χ4v) is 13.9. The lowest BCUT2D eigenvalue weighted by Crippen LogP contribution is -2.36. The largest absolute Gasteiger partial charge is 0.310 e. The van der Waals surface area contributed by atoms with Crippen LogP contribution >= 0.6 is 0 Å². The molecule has 0 radical (unpaired) electrons. The van der Waals surface area contributed by atoms with Crippen molar-refractivity contribution < 1.29 is 0 Å². The van der Waals surface area contributed by atoms with Crippen LogP contribution in [0.4, 0.5) is 34.1 Å². The molecule has 0 atom stereocenters. The Labute approximate surface area is 427 Å². The average Bonchev–Trinajstić information content (AvgIpc) is 4.00. The number of benzene rings is 11. The van der Waals surface area contributed by atoms with Gasteiger partial charge in [0.25, 0.3) is 0 Å². The predicted molar refractivity (Wildman–Crippen MR) is 302 cm³/mol. The van der Waals surface area contributed by atoms with Gasteiger partial charge in [-0.15, -0.1) is 0 Å². The van der Waals surface area contributed by atoms with Gasteiger partial charge in [-0.1, -0.05) is 220 Å². The Kier molecular flexibility index (Phi) is 8.87. The van der Waals surface area contributed by atoms with E-state index < -0.39 is 10.8 Å². The number of fused-ring (bicyclic) bond motifs is 15. The number of anilines is 6. The van der Waals surface area contributed by atoms with Gasteiger partial charge in [-0.25, -0.2) is 0 Å². The first-order valence-electron chi connectivity index (χ1n) is 25.7. The van der Waals surface area contributed by atoms with Crippen molar-refractivity contribution in [2.24, 2.45) is 0 Å². The maximum atomic E-state index is 2.55. The van der Waals surface area contributed by atoms with Gasteiger partial charge >= 0.3 is 0 Å². The maximum absolute atomic E-state index is 2.55. The van der Waals surface area contributed by atoms with Gasteiger partial charge in [0.1, 0.15) is 0 Å². The topological polar surface area (TPSA) is 6.48 Å². The van der Waals surface area contributed by atoms with Gasteiger partial charge in [-0.2, -0.15) is 0 Å². The second-order valence-electron chi connectivity index (χ2n) is 20.7. The molecular formula is C71H50N2. The normalized spacial score (nSPS) is 15.0. The highest BCUT2D eigenvalue weighted by molar-refractivity contribution is 5.98. The monoisotopic (exact) mass is 930 g/mol. The first kappa shape index (κ1) is 41.8. The molecule has 1 heterocycles. The van der Waals surface area contributed by atoms with E-state index in [-0.39, 0.29) is 5.41 Å². The van der Waals surface area contributed by atoms with Crippen molar-refractivity contribution >= 4 is 34.1 Å². The molecular weight excluding hydrogens is 881 g/mol. The summed E-state index contributed by atoms with van der Waals surface area (Å²) in [5.41, 5.74) is 26.2. The molecule has 0 aromatic heterocycles. The highest BCUT2D eigenvalue weighted by Gasteiger charge is 2.52. The van der Waals surface area contributed by atoms with Crippen LogP contribution in [0.15, 0.2) is 267 Å². The molecule has 11 aromatic rings. The molecule has 0 fully saturated rings. The van der Waals surface area contributed by atoms with Gasteiger partial charge in [-0.05, 0) is 150 Å². The Morgan fingerprint density at radius 3 is 1.12 bits per heavy atom. The Bertz CT molecular complexity index is 3930. The molecule has 0 N–H and O–H groups in total. The van der Waals surface area contributed by atoms with E-state index in [9.17, 15) is 0 Å². The summed E-state index contributed by atoms with van der Waals surface area (Å²) >= 11 is 0. The molecule has 2 heteroatoms. The molecule has 1 spiro atoms. The van der Waals surface area contributed by atoms with Crippen molar-refractivity contribution in [2.75, 3.05) is 9.80 Å². The van der Waals surface area contributed by atoms with Crippen molar-refractivity contribution in [3.05, 3.63) is 323 Å². The highest BCUT2D eigenvalue weighted by Crippen LogP contribution is 2.65. The number of nitrogens with zero attached hydrogens (tertiary/aromatic N) is 2. The van der Waals surface area contributed by atoms with Crippen LogP contribution in [-0.4, -0.2) is 0 Å². The second kappa shape index (κ2) is 15.5. The maximum Gasteiger partial charge on any atom is 0.0755 e. The molecule has 0 unspecified atom stereocenters. The third-order valence-electron chi connectivity index (χ3n) is 16.9. The van der Waals surface area contributed by atoms with Gasteiger partial charge < -0.3 is 9.80 Å². The molecule has 344 valence electrons. The summed E-state index contributed by atoms with van der Waals surface area (Å²) in [5.74, 6) is 0. The molecule has 11 aromatic carbocycles. The average molecular weight is 931 g/mol. The number of para-hydroxylation sites is 3. The summed E-state index contributed by atoms with van der Waals surface area (Å²) in [7, 11) is 0. The Morgan fingerprint density at radius 2 is 0.616 bits per heavy atom. The summed E-state index contributed by atoms with van der Waals surface area (Å²) in [4.78, 5) is 5.02. The van der Waals surface area contributed by atoms with Gasteiger partial charge in [0.2, 0.25) is 0 Å². The van der Waals surface area contributed by atoms with Crippen molar-refractivity contribution in [2.45, 2.75) is 30.1 Å². The highest BCUT2D eigenvalue weighted by atomic mass is 15.2. The Hall–Kier alpha value is -8.98. The summed E-state index contributed by atoms with van der Waals surface area (Å²) in [6, 6.07) is 100. The minimum atomic E-state index is -0.608. The minimum Gasteiger partial charge on any atom is -0.310 e. The van der Waals surface area contributed by atoms with E-state index in [2.05, 4.69) is 291 Å². The van der Waals surface area contributed by atoms with E-state index in [0.29, 0.717) is 0 Å². The summed E-state index contributed by atoms with van der Waals surface area (Å²) in [6.45, 7) is 4.78. The number of hydrogen-bond acceptors (Lipinski definition) is 2. The van der Waals surface area contributed by atoms with Crippen LogP contribution in [0.25, 0.3) is 33.4 Å². The van der Waals surface area contributed by atoms with Crippen molar-refractivity contribution in [1.29, 1.82) is 0 Å². The van der Waals surface area contributed by atoms with Crippen molar-refractivity contribution in [3.8, 4) is 33.4 Å². The van der Waals surface area contributed by atoms with E-state index >= 15 is 0 Å². The number of rotatable bonds is 6. The van der Waals surface area contributed by atoms with Gasteiger partial charge in [0.05, 0.1) is 22.2 Å². The molecule has 0 saturated carbocycles. The standard InChI is InChI=1S/C71H50N2/c1-69(2)59-31-15-12-28-53(59)56-41-38-50(44-64(56)69)72(51-39-42-57-54-29-13-16-32-60(54)70(65(57)45-51,47-22-6-3-7-23-47)48-24-8-4-9-25-48)52-40-43-58-55-30-14-17-33-61(55)71(66(58)46-52)62-34-18-20-36-67(62)73(49-26-10-5-11-27-49)68-37-21-19-35-63(68)71/h3-46H,1-2H3. The lowest BCUT2D eigenvalue weighted by Gasteiger charge is -2.45. The Balaban J connectivity index is 1.01. The summed E-state index contributed by atoms with van der Waals surface area (Å²) in [5, 5.41) is 0. The second-order valence-corrected chi connectivity index (χ2v) is 20.7. The first-order valence-corrected chi connectivity index (χ1v) is 25.7. The van der Waals surface area contributed by atoms with Crippen LogP contribution in [0.3, 0.4) is 0 Å². The molecule has 4 aliphatic rings. The van der Waals surface area contributed by atoms with Crippen LogP contribution < -0.4 is 9.80 Å². The zero-order valence-corrected chi connectivity index (χ0v) is 40.8. The number of hydrogen-bond donors (Lipinski definition) is 0. The SMILES string of the molecule is CC1(C)c2ccccc2-c2ccc(N(c3ccc4c(c3)C(c3ccccc3)(c3ccccc3)c3ccccc3-4)c3ccc4c(c3)C3(c5ccccc5-4)c4ccccc4N(c4ccccc4)c4ccccc43)cc21. The molecule has 0 saturated heterocycles. The van der Waals surface area contributed by atoms with Gasteiger partial charge in [0, 0.05) is 28.2 Å². The van der Waals surface area contributed by atoms with E-state index in [1.54, 1.807) is 0 Å². The molecule has 15 rings (SSSR count). The predicted octanol–water partition coefficient (Wildman–Crippen LogP) is 18.0. The molecule has 0 amide bonds. The van der Waals surface area contributed by atoms with Crippen LogP contribution in [-0.2, 0) is 16.2 Å². The fourth-order valence-electron chi connectivity index (χ4n) is 13.9. The minimum absolute atomic E-state index is 0.188. The lowest BCUT2D eigenvalue weighted by atomic mass is 9.64. The quantitative estimate of drug-likeness (QED) is 0.164. The third-order valence-corrected chi connectivity index (χ3v) is 16.9. The zero-order chi connectivity index (χ0) is 48.5. The molecule has 3 aliphatic carbocycles. The molecule has 2 nitrogen and oxygen atoms in total. The Morgan fingerprint density at radius 1 is 0.274 bits per heavy atom. The van der Waals surface area contributed by atoms with E-state index in [0.717, 1.165) is 22.7 Å². The molecule has 73 heavy (non-hydrogen) atoms. The fraction of sp³-hybridized carbons (Fsp3) is 0.0704. The van der Waals surface area contributed by atoms with Crippen LogP contribution in [0.1, 0.15) is 69.5 Å². The van der Waals surface area contributed by atoms with E-state index in [1.165, 1.54) is 100 Å².